The summed E-state index contributed by atoms with van der Waals surface area (Å²) < 4.78 is 5.23. The molecule has 1 aliphatic rings. The van der Waals surface area contributed by atoms with Crippen molar-refractivity contribution in [2.45, 2.75) is 44.2 Å². The van der Waals surface area contributed by atoms with Gasteiger partial charge in [-0.05, 0) is 53.3 Å². The number of amides is 2. The lowest BCUT2D eigenvalue weighted by Gasteiger charge is -2.29. The van der Waals surface area contributed by atoms with Crippen LogP contribution in [0.5, 0.6) is 5.75 Å². The van der Waals surface area contributed by atoms with Gasteiger partial charge in [0.15, 0.2) is 0 Å². The highest BCUT2D eigenvalue weighted by Crippen LogP contribution is 2.30. The minimum Gasteiger partial charge on any atom is -0.497 e. The zero-order chi connectivity index (χ0) is 21.7. The van der Waals surface area contributed by atoms with Crippen molar-refractivity contribution in [3.63, 3.8) is 0 Å². The van der Waals surface area contributed by atoms with Crippen molar-refractivity contribution >= 4 is 22.6 Å². The minimum atomic E-state index is -0.368. The zero-order valence-electron chi connectivity index (χ0n) is 17.8. The molecule has 1 fully saturated rings. The molecule has 0 radical (unpaired) electrons. The molecule has 160 valence electrons. The average Bonchev–Trinajstić information content (AvgIpc) is 3.16. The number of ether oxygens (including phenoxy) is 1. The first kappa shape index (κ1) is 20.9. The maximum Gasteiger partial charge on any atom is 0.220 e. The Kier molecular flexibility index (Phi) is 6.21. The first-order chi connectivity index (χ1) is 15.0. The van der Waals surface area contributed by atoms with Crippen LogP contribution in [0.25, 0.3) is 10.8 Å². The SMILES string of the molecule is COc1cccc(CNC(=O)CC[C@@]2(Cc3ccc4ccccc4c3)CCC(=O)N2)c1. The molecule has 3 aromatic rings. The minimum absolute atomic E-state index is 0.0122. The fourth-order valence-corrected chi connectivity index (χ4v) is 4.35. The molecular formula is C26H28N2O3. The van der Waals surface area contributed by atoms with Gasteiger partial charge in [-0.2, -0.15) is 0 Å². The molecule has 0 aliphatic carbocycles. The maximum absolute atomic E-state index is 12.5. The van der Waals surface area contributed by atoms with Gasteiger partial charge in [0.1, 0.15) is 5.75 Å². The van der Waals surface area contributed by atoms with Gasteiger partial charge in [0.05, 0.1) is 7.11 Å². The molecule has 1 saturated heterocycles. The average molecular weight is 417 g/mol. The summed E-state index contributed by atoms with van der Waals surface area (Å²) in [6, 6.07) is 22.4. The smallest absolute Gasteiger partial charge is 0.220 e. The lowest BCUT2D eigenvalue weighted by Crippen LogP contribution is -2.44. The molecule has 0 aromatic heterocycles. The number of nitrogens with one attached hydrogen (secondary N) is 2. The van der Waals surface area contributed by atoms with Crippen molar-refractivity contribution in [3.8, 4) is 5.75 Å². The second kappa shape index (κ2) is 9.21. The van der Waals surface area contributed by atoms with E-state index in [0.29, 0.717) is 25.8 Å². The van der Waals surface area contributed by atoms with E-state index in [1.807, 2.05) is 36.4 Å². The summed E-state index contributed by atoms with van der Waals surface area (Å²) in [5.74, 6) is 0.828. The van der Waals surface area contributed by atoms with Gasteiger partial charge >= 0.3 is 0 Å². The van der Waals surface area contributed by atoms with Gasteiger partial charge in [0, 0.05) is 24.9 Å². The van der Waals surface area contributed by atoms with Crippen molar-refractivity contribution in [2.75, 3.05) is 7.11 Å². The quantitative estimate of drug-likeness (QED) is 0.580. The molecule has 3 aromatic carbocycles. The van der Waals surface area contributed by atoms with Crippen molar-refractivity contribution in [2.24, 2.45) is 0 Å². The van der Waals surface area contributed by atoms with Crippen LogP contribution in [0.2, 0.25) is 0 Å². The Bertz CT molecular complexity index is 1090. The first-order valence-corrected chi connectivity index (χ1v) is 10.7. The Balaban J connectivity index is 1.39. The normalized spacial score (nSPS) is 18.0. The van der Waals surface area contributed by atoms with Crippen LogP contribution in [-0.2, 0) is 22.6 Å². The summed E-state index contributed by atoms with van der Waals surface area (Å²) >= 11 is 0. The van der Waals surface area contributed by atoms with Gasteiger partial charge in [-0.25, -0.2) is 0 Å². The van der Waals surface area contributed by atoms with E-state index in [9.17, 15) is 9.59 Å². The summed E-state index contributed by atoms with van der Waals surface area (Å²) in [6.45, 7) is 0.458. The number of rotatable bonds is 8. The second-order valence-electron chi connectivity index (χ2n) is 8.32. The van der Waals surface area contributed by atoms with Crippen LogP contribution in [0.4, 0.5) is 0 Å². The highest BCUT2D eigenvalue weighted by molar-refractivity contribution is 5.83. The van der Waals surface area contributed by atoms with Gasteiger partial charge in [0.25, 0.3) is 0 Å². The number of methoxy groups -OCH3 is 1. The molecule has 2 N–H and O–H groups in total. The molecule has 5 nitrogen and oxygen atoms in total. The molecule has 1 aliphatic heterocycles. The summed E-state index contributed by atoms with van der Waals surface area (Å²) in [5, 5.41) is 8.55. The van der Waals surface area contributed by atoms with Crippen LogP contribution in [0.1, 0.15) is 36.8 Å². The predicted octanol–water partition coefficient (Wildman–Crippen LogP) is 4.14. The molecule has 0 saturated carbocycles. The highest BCUT2D eigenvalue weighted by atomic mass is 16.5. The Labute approximate surface area is 182 Å². The van der Waals surface area contributed by atoms with Crippen molar-refractivity contribution < 1.29 is 14.3 Å². The van der Waals surface area contributed by atoms with Gasteiger partial charge in [-0.1, -0.05) is 54.6 Å². The summed E-state index contributed by atoms with van der Waals surface area (Å²) in [5.41, 5.74) is 1.80. The van der Waals surface area contributed by atoms with Crippen molar-refractivity contribution in [3.05, 3.63) is 77.9 Å². The number of hydrogen-bond acceptors (Lipinski definition) is 3. The van der Waals surface area contributed by atoms with E-state index in [1.165, 1.54) is 16.3 Å². The van der Waals surface area contributed by atoms with Crippen molar-refractivity contribution in [1.82, 2.24) is 10.6 Å². The second-order valence-corrected chi connectivity index (χ2v) is 8.32. The van der Waals surface area contributed by atoms with E-state index >= 15 is 0 Å². The Morgan fingerprint density at radius 3 is 2.65 bits per heavy atom. The number of carbonyl (C=O) groups is 2. The third kappa shape index (κ3) is 5.23. The molecule has 4 rings (SSSR count). The number of hydrogen-bond donors (Lipinski definition) is 2. The molecule has 2 amide bonds. The topological polar surface area (TPSA) is 67.4 Å². The fourth-order valence-electron chi connectivity index (χ4n) is 4.35. The van der Waals surface area contributed by atoms with E-state index in [2.05, 4.69) is 41.0 Å². The van der Waals surface area contributed by atoms with Gasteiger partial charge in [0.2, 0.25) is 11.8 Å². The summed E-state index contributed by atoms with van der Waals surface area (Å²) in [4.78, 5) is 24.6. The summed E-state index contributed by atoms with van der Waals surface area (Å²) in [6.07, 6.45) is 2.99. The van der Waals surface area contributed by atoms with E-state index in [1.54, 1.807) is 7.11 Å². The third-order valence-corrected chi connectivity index (χ3v) is 6.05. The highest BCUT2D eigenvalue weighted by Gasteiger charge is 2.37. The van der Waals surface area contributed by atoms with Crippen LogP contribution in [0, 0.1) is 0 Å². The van der Waals surface area contributed by atoms with E-state index in [-0.39, 0.29) is 17.4 Å². The van der Waals surface area contributed by atoms with Crippen LogP contribution >= 0.6 is 0 Å². The molecule has 5 heteroatoms. The lowest BCUT2D eigenvalue weighted by molar-refractivity contribution is -0.122. The molecule has 1 atom stereocenters. The van der Waals surface area contributed by atoms with Gasteiger partial charge in [-0.3, -0.25) is 9.59 Å². The number of carbonyl (C=O) groups excluding carboxylic acids is 2. The number of benzene rings is 3. The molecule has 0 bridgehead atoms. The van der Waals surface area contributed by atoms with Gasteiger partial charge in [-0.15, -0.1) is 0 Å². The zero-order valence-corrected chi connectivity index (χ0v) is 17.8. The molecule has 31 heavy (non-hydrogen) atoms. The molecule has 0 unspecified atom stereocenters. The standard InChI is InChI=1S/C26H28N2O3/c1-31-23-8-4-5-20(16-23)18-27-24(29)11-13-26(14-12-25(30)28-26)17-19-9-10-21-6-2-3-7-22(21)15-19/h2-10,15-16H,11-14,17-18H2,1H3,(H,27,29)(H,28,30)/t26-/m0/s1. The van der Waals surface area contributed by atoms with Crippen LogP contribution in [0.15, 0.2) is 66.7 Å². The van der Waals surface area contributed by atoms with E-state index < -0.39 is 0 Å². The Hall–Kier alpha value is -3.34. The lowest BCUT2D eigenvalue weighted by atomic mass is 9.84. The van der Waals surface area contributed by atoms with Crippen LogP contribution in [0.3, 0.4) is 0 Å². The Morgan fingerprint density at radius 1 is 1.03 bits per heavy atom. The van der Waals surface area contributed by atoms with E-state index in [4.69, 9.17) is 4.74 Å². The van der Waals surface area contributed by atoms with Crippen molar-refractivity contribution in [1.29, 1.82) is 0 Å². The maximum atomic E-state index is 12.5. The molecule has 1 heterocycles. The largest absolute Gasteiger partial charge is 0.497 e. The monoisotopic (exact) mass is 416 g/mol. The van der Waals surface area contributed by atoms with E-state index in [0.717, 1.165) is 24.2 Å². The third-order valence-electron chi connectivity index (χ3n) is 6.05. The Morgan fingerprint density at radius 2 is 1.87 bits per heavy atom. The molecule has 0 spiro atoms. The van der Waals surface area contributed by atoms with Crippen LogP contribution < -0.4 is 15.4 Å². The van der Waals surface area contributed by atoms with Gasteiger partial charge < -0.3 is 15.4 Å². The first-order valence-electron chi connectivity index (χ1n) is 10.7. The fraction of sp³-hybridized carbons (Fsp3) is 0.308. The number of fused-ring (bicyclic) bond motifs is 1. The summed E-state index contributed by atoms with van der Waals surface area (Å²) in [7, 11) is 1.63. The molecular weight excluding hydrogens is 388 g/mol. The predicted molar refractivity (Wildman–Crippen MR) is 122 cm³/mol. The van der Waals surface area contributed by atoms with Crippen LogP contribution in [-0.4, -0.2) is 24.5 Å².